The minimum atomic E-state index is -0.303. The molecule has 1 aliphatic rings. The highest BCUT2D eigenvalue weighted by molar-refractivity contribution is 7.80. The van der Waals surface area contributed by atoms with Crippen LogP contribution in [-0.4, -0.2) is 54.7 Å². The summed E-state index contributed by atoms with van der Waals surface area (Å²) in [5.74, 6) is 0.340. The van der Waals surface area contributed by atoms with Crippen molar-refractivity contribution in [3.63, 3.8) is 0 Å². The lowest BCUT2D eigenvalue weighted by Gasteiger charge is -2.36. The third-order valence-corrected chi connectivity index (χ3v) is 5.57. The fourth-order valence-corrected chi connectivity index (χ4v) is 3.98. The predicted molar refractivity (Wildman–Crippen MR) is 132 cm³/mol. The van der Waals surface area contributed by atoms with E-state index >= 15 is 0 Å². The van der Waals surface area contributed by atoms with Gasteiger partial charge in [-0.05, 0) is 69.0 Å². The van der Waals surface area contributed by atoms with Crippen LogP contribution in [0.15, 0.2) is 42.5 Å². The van der Waals surface area contributed by atoms with Crippen molar-refractivity contribution in [3.8, 4) is 5.75 Å². The van der Waals surface area contributed by atoms with Crippen LogP contribution >= 0.6 is 23.8 Å². The van der Waals surface area contributed by atoms with Crippen LogP contribution in [0, 0.1) is 0 Å². The molecule has 0 bridgehead atoms. The van der Waals surface area contributed by atoms with Crippen molar-refractivity contribution in [3.05, 3.63) is 53.1 Å². The van der Waals surface area contributed by atoms with Crippen molar-refractivity contribution in [2.24, 2.45) is 0 Å². The standard InChI is InChI=1S/C23H29ClN4O2S/c1-4-27-10-12-28(13-11-27)21-9-8-18(15-20(21)24)25-23(31)26-22(29)17-6-5-7-19(14-17)30-16(2)3/h5-9,14-16H,4,10-13H2,1-3H3,(H2,25,26,29,31). The normalized spacial score (nSPS) is 14.4. The number of nitrogens with one attached hydrogen (secondary N) is 2. The van der Waals surface area contributed by atoms with Gasteiger partial charge in [0, 0.05) is 37.4 Å². The minimum Gasteiger partial charge on any atom is -0.491 e. The van der Waals surface area contributed by atoms with Crippen molar-refractivity contribution < 1.29 is 9.53 Å². The first kappa shape index (κ1) is 23.3. The summed E-state index contributed by atoms with van der Waals surface area (Å²) in [6.07, 6.45) is 0.0318. The molecule has 2 aromatic carbocycles. The monoisotopic (exact) mass is 460 g/mol. The van der Waals surface area contributed by atoms with E-state index in [1.807, 2.05) is 38.1 Å². The van der Waals surface area contributed by atoms with Crippen molar-refractivity contribution in [1.29, 1.82) is 0 Å². The molecule has 0 unspecified atom stereocenters. The second kappa shape index (κ2) is 10.8. The maximum absolute atomic E-state index is 12.5. The Morgan fingerprint density at radius 3 is 2.55 bits per heavy atom. The number of benzene rings is 2. The number of halogens is 1. The van der Waals surface area contributed by atoms with Gasteiger partial charge in [0.05, 0.1) is 16.8 Å². The summed E-state index contributed by atoms with van der Waals surface area (Å²) < 4.78 is 5.64. The molecule has 166 valence electrons. The molecule has 0 aromatic heterocycles. The van der Waals surface area contributed by atoms with Crippen LogP contribution in [0.4, 0.5) is 11.4 Å². The molecule has 2 aromatic rings. The third kappa shape index (κ3) is 6.56. The van der Waals surface area contributed by atoms with Gasteiger partial charge in [0.15, 0.2) is 5.11 Å². The molecular weight excluding hydrogens is 432 g/mol. The Labute approximate surface area is 194 Å². The fourth-order valence-electron chi connectivity index (χ4n) is 3.47. The topological polar surface area (TPSA) is 56.8 Å². The molecule has 2 N–H and O–H groups in total. The number of ether oxygens (including phenoxy) is 1. The van der Waals surface area contributed by atoms with Gasteiger partial charge in [-0.1, -0.05) is 24.6 Å². The van der Waals surface area contributed by atoms with Gasteiger partial charge >= 0.3 is 0 Å². The molecule has 1 fully saturated rings. The minimum absolute atomic E-state index is 0.0318. The number of carbonyl (C=O) groups excluding carboxylic acids is 1. The SMILES string of the molecule is CCN1CCN(c2ccc(NC(=S)NC(=O)c3cccc(OC(C)C)c3)cc2Cl)CC1. The summed E-state index contributed by atoms with van der Waals surface area (Å²) in [4.78, 5) is 17.3. The first-order valence-electron chi connectivity index (χ1n) is 10.5. The molecule has 6 nitrogen and oxygen atoms in total. The number of piperazine rings is 1. The maximum atomic E-state index is 12.5. The van der Waals surface area contributed by atoms with Crippen LogP contribution < -0.4 is 20.3 Å². The first-order valence-corrected chi connectivity index (χ1v) is 11.3. The van der Waals surface area contributed by atoms with Gasteiger partial charge in [0.25, 0.3) is 5.91 Å². The summed E-state index contributed by atoms with van der Waals surface area (Å²) in [6, 6.07) is 12.8. The van der Waals surface area contributed by atoms with Crippen LogP contribution in [0.3, 0.4) is 0 Å². The number of amides is 1. The zero-order chi connectivity index (χ0) is 22.4. The van der Waals surface area contributed by atoms with E-state index in [0.29, 0.717) is 16.3 Å². The average molecular weight is 461 g/mol. The Morgan fingerprint density at radius 1 is 1.16 bits per heavy atom. The van der Waals surface area contributed by atoms with Gasteiger partial charge in [0.2, 0.25) is 0 Å². The number of nitrogens with zero attached hydrogens (tertiary/aromatic N) is 2. The van der Waals surface area contributed by atoms with E-state index < -0.39 is 0 Å². The van der Waals surface area contributed by atoms with Crippen LogP contribution in [-0.2, 0) is 0 Å². The van der Waals surface area contributed by atoms with E-state index in [1.165, 1.54) is 0 Å². The Bertz CT molecular complexity index is 930. The molecule has 0 saturated carbocycles. The average Bonchev–Trinajstić information content (AvgIpc) is 2.73. The second-order valence-electron chi connectivity index (χ2n) is 7.69. The molecule has 1 heterocycles. The predicted octanol–water partition coefficient (Wildman–Crippen LogP) is 4.40. The van der Waals surface area contributed by atoms with Gasteiger partial charge in [0.1, 0.15) is 5.75 Å². The van der Waals surface area contributed by atoms with Crippen LogP contribution in [0.1, 0.15) is 31.1 Å². The summed E-state index contributed by atoms with van der Waals surface area (Å²) in [7, 11) is 0. The number of hydrogen-bond donors (Lipinski definition) is 2. The number of rotatable bonds is 6. The third-order valence-electron chi connectivity index (χ3n) is 5.06. The summed E-state index contributed by atoms with van der Waals surface area (Å²) in [5, 5.41) is 6.60. The highest BCUT2D eigenvalue weighted by Crippen LogP contribution is 2.29. The van der Waals surface area contributed by atoms with Crippen molar-refractivity contribution in [1.82, 2.24) is 10.2 Å². The molecule has 8 heteroatoms. The molecule has 0 spiro atoms. The van der Waals surface area contributed by atoms with E-state index in [1.54, 1.807) is 18.2 Å². The fraction of sp³-hybridized carbons (Fsp3) is 0.391. The highest BCUT2D eigenvalue weighted by atomic mass is 35.5. The lowest BCUT2D eigenvalue weighted by molar-refractivity contribution is 0.0977. The van der Waals surface area contributed by atoms with Crippen LogP contribution in [0.25, 0.3) is 0 Å². The number of carbonyl (C=O) groups is 1. The molecule has 1 saturated heterocycles. The van der Waals surface area contributed by atoms with Crippen LogP contribution in [0.5, 0.6) is 5.75 Å². The summed E-state index contributed by atoms with van der Waals surface area (Å²) >= 11 is 11.8. The molecular formula is C23H29ClN4O2S. The van der Waals surface area contributed by atoms with Gasteiger partial charge in [-0.3, -0.25) is 10.1 Å². The number of thiocarbonyl (C=S) groups is 1. The first-order chi connectivity index (χ1) is 14.9. The zero-order valence-corrected chi connectivity index (χ0v) is 19.7. The summed E-state index contributed by atoms with van der Waals surface area (Å²) in [6.45, 7) is 11.1. The van der Waals surface area contributed by atoms with Crippen molar-refractivity contribution >= 4 is 46.2 Å². The molecule has 31 heavy (non-hydrogen) atoms. The Morgan fingerprint density at radius 2 is 1.90 bits per heavy atom. The van der Waals surface area contributed by atoms with Gasteiger partial charge in [-0.15, -0.1) is 0 Å². The lowest BCUT2D eigenvalue weighted by Crippen LogP contribution is -2.46. The Balaban J connectivity index is 1.58. The van der Waals surface area contributed by atoms with Gasteiger partial charge in [-0.2, -0.15) is 0 Å². The number of hydrogen-bond acceptors (Lipinski definition) is 5. The zero-order valence-electron chi connectivity index (χ0n) is 18.2. The quantitative estimate of drug-likeness (QED) is 0.623. The highest BCUT2D eigenvalue weighted by Gasteiger charge is 2.18. The molecule has 1 aliphatic heterocycles. The largest absolute Gasteiger partial charge is 0.491 e. The smallest absolute Gasteiger partial charge is 0.257 e. The van der Waals surface area contributed by atoms with Gasteiger partial charge in [-0.25, -0.2) is 0 Å². The molecule has 0 radical (unpaired) electrons. The molecule has 1 amide bonds. The van der Waals surface area contributed by atoms with E-state index in [0.717, 1.165) is 44.1 Å². The number of anilines is 2. The van der Waals surface area contributed by atoms with Crippen molar-refractivity contribution in [2.45, 2.75) is 26.9 Å². The van der Waals surface area contributed by atoms with Crippen LogP contribution in [0.2, 0.25) is 5.02 Å². The second-order valence-corrected chi connectivity index (χ2v) is 8.51. The Hall–Kier alpha value is -2.35. The van der Waals surface area contributed by atoms with E-state index in [-0.39, 0.29) is 17.1 Å². The van der Waals surface area contributed by atoms with Crippen molar-refractivity contribution in [2.75, 3.05) is 42.9 Å². The summed E-state index contributed by atoms with van der Waals surface area (Å²) in [5.41, 5.74) is 2.21. The molecule has 3 rings (SSSR count). The Kier molecular flexibility index (Phi) is 8.12. The van der Waals surface area contributed by atoms with Gasteiger partial charge < -0.3 is 19.9 Å². The maximum Gasteiger partial charge on any atom is 0.257 e. The van der Waals surface area contributed by atoms with E-state index in [4.69, 9.17) is 28.6 Å². The lowest BCUT2D eigenvalue weighted by atomic mass is 10.2. The molecule has 0 atom stereocenters. The number of likely N-dealkylation sites (N-methyl/N-ethyl adjacent to an activating group) is 1. The molecule has 0 aliphatic carbocycles. The van der Waals surface area contributed by atoms with E-state index in [9.17, 15) is 4.79 Å². The van der Waals surface area contributed by atoms with E-state index in [2.05, 4.69) is 27.4 Å².